The zero-order chi connectivity index (χ0) is 18.4. The number of aromatic nitrogens is 2. The van der Waals surface area contributed by atoms with Gasteiger partial charge in [0, 0.05) is 44.5 Å². The summed E-state index contributed by atoms with van der Waals surface area (Å²) in [4.78, 5) is 40.4. The molecule has 0 unspecified atom stereocenters. The molecule has 3 aliphatic rings. The largest absolute Gasteiger partial charge is 0.338 e. The van der Waals surface area contributed by atoms with E-state index in [1.165, 1.54) is 23.8 Å². The average molecular weight is 370 g/mol. The molecule has 0 radical (unpaired) electrons. The SMILES string of the molecule is Cn1c(=O)[nH]cc(CC(=O)N2C[C@H]3CC[C@@H]2CN(S(C)(=O)=O)C3)c1=O. The van der Waals surface area contributed by atoms with Gasteiger partial charge in [0.2, 0.25) is 15.9 Å². The number of carbonyl (C=O) groups is 1. The molecule has 3 aliphatic heterocycles. The Hall–Kier alpha value is -1.94. The Kier molecular flexibility index (Phi) is 4.58. The van der Waals surface area contributed by atoms with Crippen molar-refractivity contribution in [2.75, 3.05) is 25.9 Å². The number of rotatable bonds is 3. The maximum Gasteiger partial charge on any atom is 0.328 e. The highest BCUT2D eigenvalue weighted by atomic mass is 32.2. The van der Waals surface area contributed by atoms with Crippen molar-refractivity contribution in [1.29, 1.82) is 0 Å². The number of piperidine rings is 1. The van der Waals surface area contributed by atoms with Crippen molar-refractivity contribution < 1.29 is 13.2 Å². The summed E-state index contributed by atoms with van der Waals surface area (Å²) in [5.41, 5.74) is -0.791. The molecule has 2 atom stereocenters. The van der Waals surface area contributed by atoms with E-state index in [0.29, 0.717) is 19.6 Å². The van der Waals surface area contributed by atoms with Crippen molar-refractivity contribution in [3.05, 3.63) is 32.6 Å². The van der Waals surface area contributed by atoms with Crippen molar-refractivity contribution in [3.8, 4) is 0 Å². The van der Waals surface area contributed by atoms with E-state index in [-0.39, 0.29) is 29.9 Å². The minimum atomic E-state index is -3.30. The summed E-state index contributed by atoms with van der Waals surface area (Å²) in [6.07, 6.45) is 4.01. The van der Waals surface area contributed by atoms with E-state index >= 15 is 0 Å². The summed E-state index contributed by atoms with van der Waals surface area (Å²) in [6, 6.07) is -0.174. The normalized spacial score (nSPS) is 24.3. The van der Waals surface area contributed by atoms with Crippen LogP contribution in [0.25, 0.3) is 0 Å². The molecule has 25 heavy (non-hydrogen) atoms. The lowest BCUT2D eigenvalue weighted by atomic mass is 9.94. The van der Waals surface area contributed by atoms with Crippen molar-refractivity contribution in [1.82, 2.24) is 18.8 Å². The molecule has 9 nitrogen and oxygen atoms in total. The Morgan fingerprint density at radius 1 is 1.24 bits per heavy atom. The maximum absolute atomic E-state index is 12.7. The van der Waals surface area contributed by atoms with E-state index in [2.05, 4.69) is 4.98 Å². The number of aromatic amines is 1. The number of nitrogens with one attached hydrogen (secondary N) is 1. The molecule has 138 valence electrons. The number of H-pyrrole nitrogens is 1. The van der Waals surface area contributed by atoms with Gasteiger partial charge in [0.1, 0.15) is 0 Å². The number of hydrogen-bond donors (Lipinski definition) is 1. The fourth-order valence-corrected chi connectivity index (χ4v) is 4.55. The van der Waals surface area contributed by atoms with Crippen LogP contribution >= 0.6 is 0 Å². The zero-order valence-electron chi connectivity index (χ0n) is 14.3. The van der Waals surface area contributed by atoms with Gasteiger partial charge in [0.15, 0.2) is 0 Å². The van der Waals surface area contributed by atoms with Crippen LogP contribution in [0.3, 0.4) is 0 Å². The summed E-state index contributed by atoms with van der Waals surface area (Å²) in [5.74, 6) is -0.106. The molecule has 0 aliphatic carbocycles. The fraction of sp³-hybridized carbons (Fsp3) is 0.667. The zero-order valence-corrected chi connectivity index (χ0v) is 15.1. The minimum absolute atomic E-state index is 0.106. The molecule has 2 bridgehead atoms. The van der Waals surface area contributed by atoms with Gasteiger partial charge in [-0.05, 0) is 18.8 Å². The summed E-state index contributed by atoms with van der Waals surface area (Å²) < 4.78 is 26.1. The molecule has 3 saturated heterocycles. The van der Waals surface area contributed by atoms with Gasteiger partial charge in [0.25, 0.3) is 5.56 Å². The van der Waals surface area contributed by atoms with Gasteiger partial charge < -0.3 is 9.88 Å². The second kappa shape index (κ2) is 6.41. The van der Waals surface area contributed by atoms with E-state index in [9.17, 15) is 22.8 Å². The molecule has 10 heteroatoms. The lowest BCUT2D eigenvalue weighted by molar-refractivity contribution is -0.134. The Bertz CT molecular complexity index is 903. The summed E-state index contributed by atoms with van der Waals surface area (Å²) in [6.45, 7) is 1.23. The Morgan fingerprint density at radius 3 is 2.64 bits per heavy atom. The molecule has 0 spiro atoms. The third kappa shape index (κ3) is 3.54. The van der Waals surface area contributed by atoms with Crippen molar-refractivity contribution >= 4 is 15.9 Å². The van der Waals surface area contributed by atoms with E-state index in [0.717, 1.165) is 17.4 Å². The topological polar surface area (TPSA) is 113 Å². The number of sulfonamides is 1. The molecule has 0 aromatic carbocycles. The smallest absolute Gasteiger partial charge is 0.328 e. The number of hydrogen-bond acceptors (Lipinski definition) is 5. The molecular weight excluding hydrogens is 348 g/mol. The van der Waals surface area contributed by atoms with Gasteiger partial charge >= 0.3 is 5.69 Å². The van der Waals surface area contributed by atoms with Crippen LogP contribution < -0.4 is 11.2 Å². The van der Waals surface area contributed by atoms with Gasteiger partial charge in [-0.15, -0.1) is 0 Å². The molecule has 4 rings (SSSR count). The van der Waals surface area contributed by atoms with Crippen LogP contribution in [0.2, 0.25) is 0 Å². The fourth-order valence-electron chi connectivity index (χ4n) is 3.62. The molecule has 1 amide bonds. The summed E-state index contributed by atoms with van der Waals surface area (Å²) in [5, 5.41) is 0. The summed E-state index contributed by atoms with van der Waals surface area (Å²) >= 11 is 0. The first-order chi connectivity index (χ1) is 11.7. The minimum Gasteiger partial charge on any atom is -0.338 e. The van der Waals surface area contributed by atoms with Crippen LogP contribution in [-0.2, 0) is 28.3 Å². The van der Waals surface area contributed by atoms with Crippen LogP contribution in [0.4, 0.5) is 0 Å². The third-order valence-corrected chi connectivity index (χ3v) is 6.30. The van der Waals surface area contributed by atoms with Crippen molar-refractivity contribution in [2.45, 2.75) is 25.3 Å². The molecule has 1 aromatic rings. The highest BCUT2D eigenvalue weighted by Crippen LogP contribution is 2.29. The monoisotopic (exact) mass is 370 g/mol. The first-order valence-electron chi connectivity index (χ1n) is 8.19. The highest BCUT2D eigenvalue weighted by Gasteiger charge is 2.39. The lowest BCUT2D eigenvalue weighted by Gasteiger charge is -2.36. The van der Waals surface area contributed by atoms with Gasteiger partial charge in [-0.1, -0.05) is 0 Å². The Morgan fingerprint density at radius 2 is 1.96 bits per heavy atom. The number of fused-ring (bicyclic) bond motifs is 4. The Labute approximate surface area is 145 Å². The molecule has 3 fully saturated rings. The predicted molar refractivity (Wildman–Crippen MR) is 90.6 cm³/mol. The third-order valence-electron chi connectivity index (χ3n) is 5.06. The molecule has 0 saturated carbocycles. The molecule has 1 N–H and O–H groups in total. The van der Waals surface area contributed by atoms with E-state index < -0.39 is 21.3 Å². The molecule has 1 aromatic heterocycles. The predicted octanol–water partition coefficient (Wildman–Crippen LogP) is -1.50. The number of carbonyl (C=O) groups excluding carboxylic acids is 1. The van der Waals surface area contributed by atoms with Crippen LogP contribution in [0.15, 0.2) is 15.8 Å². The van der Waals surface area contributed by atoms with E-state index in [1.807, 2.05) is 0 Å². The van der Waals surface area contributed by atoms with Crippen molar-refractivity contribution in [2.24, 2.45) is 13.0 Å². The van der Waals surface area contributed by atoms with Crippen molar-refractivity contribution in [3.63, 3.8) is 0 Å². The van der Waals surface area contributed by atoms with Crippen LogP contribution in [-0.4, -0.2) is 65.0 Å². The standard InChI is InChI=1S/C15H22N4O5S/c1-17-14(21)11(6-16-15(17)22)5-13(20)19-8-10-3-4-12(19)9-18(7-10)25(2,23)24/h6,10,12H,3-5,7-9H2,1-2H3,(H,16,22)/t10-,12+/m0/s1. The highest BCUT2D eigenvalue weighted by molar-refractivity contribution is 7.88. The Balaban J connectivity index is 1.81. The van der Waals surface area contributed by atoms with Gasteiger partial charge in [0.05, 0.1) is 12.7 Å². The number of nitrogens with zero attached hydrogens (tertiary/aromatic N) is 3. The van der Waals surface area contributed by atoms with Crippen LogP contribution in [0.5, 0.6) is 0 Å². The lowest BCUT2D eigenvalue weighted by Crippen LogP contribution is -2.48. The van der Waals surface area contributed by atoms with Gasteiger partial charge in [-0.3, -0.25) is 14.2 Å². The summed E-state index contributed by atoms with van der Waals surface area (Å²) in [7, 11) is -1.94. The molecule has 4 heterocycles. The second-order valence-electron chi connectivity index (χ2n) is 6.88. The van der Waals surface area contributed by atoms with E-state index in [4.69, 9.17) is 0 Å². The molecular formula is C15H22N4O5S. The quantitative estimate of drug-likeness (QED) is 0.696. The maximum atomic E-state index is 12.7. The van der Waals surface area contributed by atoms with Crippen LogP contribution in [0.1, 0.15) is 18.4 Å². The first kappa shape index (κ1) is 17.9. The second-order valence-corrected chi connectivity index (χ2v) is 8.87. The van der Waals surface area contributed by atoms with Crippen LogP contribution in [0, 0.1) is 5.92 Å². The van der Waals surface area contributed by atoms with E-state index in [1.54, 1.807) is 4.90 Å². The number of amides is 1. The van der Waals surface area contributed by atoms with Gasteiger partial charge in [-0.25, -0.2) is 13.2 Å². The average Bonchev–Trinajstić information content (AvgIpc) is 2.87. The van der Waals surface area contributed by atoms with Gasteiger partial charge in [-0.2, -0.15) is 4.31 Å². The first-order valence-corrected chi connectivity index (χ1v) is 10.0.